The normalized spacial score (nSPS) is 19.4. The first kappa shape index (κ1) is 40.9. The molecule has 14 rings (SSSR count). The van der Waals surface area contributed by atoms with E-state index in [2.05, 4.69) is 216 Å². The number of rotatable bonds is 3. The number of aryl methyl sites for hydroxylation is 3. The van der Waals surface area contributed by atoms with Gasteiger partial charge in [-0.05, 0) is 163 Å². The molecule has 0 amide bonds. The quantitative estimate of drug-likeness (QED) is 0.165. The number of nitrogens with zero attached hydrogens (tertiary/aromatic N) is 3. The van der Waals surface area contributed by atoms with Crippen molar-refractivity contribution >= 4 is 112 Å². The molecule has 10 aromatic rings. The molecule has 0 radical (unpaired) electrons. The largest absolute Gasteiger partial charge is 0.456 e. The van der Waals surface area contributed by atoms with Crippen molar-refractivity contribution in [1.82, 2.24) is 0 Å². The number of anilines is 8. The van der Waals surface area contributed by atoms with Gasteiger partial charge in [0.2, 0.25) is 0 Å². The summed E-state index contributed by atoms with van der Waals surface area (Å²) in [4.78, 5) is 7.87. The summed E-state index contributed by atoms with van der Waals surface area (Å²) < 4.78 is 13.4. The van der Waals surface area contributed by atoms with Crippen molar-refractivity contribution < 1.29 is 8.83 Å². The van der Waals surface area contributed by atoms with Crippen LogP contribution in [0.3, 0.4) is 0 Å². The molecule has 2 unspecified atom stereocenters. The van der Waals surface area contributed by atoms with Crippen LogP contribution < -0.4 is 31.1 Å². The van der Waals surface area contributed by atoms with Crippen LogP contribution in [-0.4, -0.2) is 12.3 Å². The molecule has 2 aromatic heterocycles. The van der Waals surface area contributed by atoms with Crippen LogP contribution >= 0.6 is 0 Å². The van der Waals surface area contributed by atoms with Gasteiger partial charge in [-0.3, -0.25) is 0 Å². The number of para-hydroxylation sites is 3. The molecule has 1 fully saturated rings. The summed E-state index contributed by atoms with van der Waals surface area (Å²) in [5.74, 6) is 0. The lowest BCUT2D eigenvalue weighted by atomic mass is 9.33. The highest BCUT2D eigenvalue weighted by atomic mass is 16.3. The predicted molar refractivity (Wildman–Crippen MR) is 291 cm³/mol. The maximum absolute atomic E-state index is 6.99. The van der Waals surface area contributed by atoms with Gasteiger partial charge >= 0.3 is 0 Å². The van der Waals surface area contributed by atoms with Crippen molar-refractivity contribution in [3.05, 3.63) is 173 Å². The Bertz CT molecular complexity index is 3850. The molecule has 3 aliphatic heterocycles. The van der Waals surface area contributed by atoms with E-state index < -0.39 is 0 Å². The van der Waals surface area contributed by atoms with E-state index in [-0.39, 0.29) is 23.1 Å². The number of benzene rings is 8. The topological polar surface area (TPSA) is 36.0 Å². The maximum atomic E-state index is 6.99. The predicted octanol–water partition coefficient (Wildman–Crippen LogP) is 15.5. The minimum atomic E-state index is -0.0943. The minimum absolute atomic E-state index is 0.0226. The number of hydrogen-bond acceptors (Lipinski definition) is 5. The Morgan fingerprint density at radius 1 is 0.507 bits per heavy atom. The molecule has 5 nitrogen and oxygen atoms in total. The molecular formula is C63H56BN3O2. The number of furan rings is 2. The Hall–Kier alpha value is -7.18. The van der Waals surface area contributed by atoms with E-state index in [0.717, 1.165) is 61.7 Å². The van der Waals surface area contributed by atoms with Gasteiger partial charge in [0.15, 0.2) is 5.58 Å². The first-order valence-corrected chi connectivity index (χ1v) is 25.1. The Morgan fingerprint density at radius 3 is 1.91 bits per heavy atom. The summed E-state index contributed by atoms with van der Waals surface area (Å²) in [6.45, 7) is 18.9. The summed E-state index contributed by atoms with van der Waals surface area (Å²) in [5.41, 5.74) is 23.7. The summed E-state index contributed by atoms with van der Waals surface area (Å²) in [6, 6.07) is 54.9. The van der Waals surface area contributed by atoms with Gasteiger partial charge in [-0.2, -0.15) is 0 Å². The highest BCUT2D eigenvalue weighted by Crippen LogP contribution is 2.62. The molecule has 1 saturated carbocycles. The number of hydrogen-bond donors (Lipinski definition) is 0. The molecule has 4 aliphatic rings. The summed E-state index contributed by atoms with van der Waals surface area (Å²) in [6.07, 6.45) is 4.81. The molecule has 0 saturated heterocycles. The van der Waals surface area contributed by atoms with Crippen LogP contribution in [-0.2, 0) is 10.8 Å². The van der Waals surface area contributed by atoms with Crippen molar-refractivity contribution in [2.45, 2.75) is 97.4 Å². The molecule has 338 valence electrons. The van der Waals surface area contributed by atoms with Crippen LogP contribution in [0, 0.1) is 20.8 Å². The van der Waals surface area contributed by atoms with Gasteiger partial charge in [0.1, 0.15) is 16.7 Å². The van der Waals surface area contributed by atoms with Gasteiger partial charge in [0, 0.05) is 66.8 Å². The first-order chi connectivity index (χ1) is 33.3. The monoisotopic (exact) mass is 897 g/mol. The Balaban J connectivity index is 1.07. The van der Waals surface area contributed by atoms with Crippen LogP contribution in [0.2, 0.25) is 0 Å². The molecular weight excluding hydrogens is 842 g/mol. The van der Waals surface area contributed by atoms with E-state index in [9.17, 15) is 0 Å². The van der Waals surface area contributed by atoms with Gasteiger partial charge in [-0.25, -0.2) is 0 Å². The average molecular weight is 898 g/mol. The highest BCUT2D eigenvalue weighted by molar-refractivity contribution is 7.00. The zero-order chi connectivity index (χ0) is 46.9. The van der Waals surface area contributed by atoms with Crippen molar-refractivity contribution in [2.24, 2.45) is 0 Å². The highest BCUT2D eigenvalue weighted by Gasteiger charge is 2.58. The smallest absolute Gasteiger partial charge is 0.252 e. The molecule has 0 bridgehead atoms. The lowest BCUT2D eigenvalue weighted by molar-refractivity contribution is 0.194. The van der Waals surface area contributed by atoms with Gasteiger partial charge in [0.05, 0.1) is 11.2 Å². The SMILES string of the molecule is Cc1cc2c3c(c1)N(c1cccc4c1oc1ccccc14)c1cc(N4c5cc(C)cc(C)c5C5(C)CCCCC45C)ccc1B3c1ccc(C(C)(C)C)cc1N2c1ccc2oc3ccccc3c2c1. The summed E-state index contributed by atoms with van der Waals surface area (Å²) in [7, 11) is 0. The van der Waals surface area contributed by atoms with E-state index >= 15 is 0 Å². The molecule has 0 N–H and O–H groups in total. The van der Waals surface area contributed by atoms with Crippen LogP contribution in [0.25, 0.3) is 43.9 Å². The first-order valence-electron chi connectivity index (χ1n) is 25.1. The third-order valence-electron chi connectivity index (χ3n) is 17.1. The summed E-state index contributed by atoms with van der Waals surface area (Å²) >= 11 is 0. The zero-order valence-corrected chi connectivity index (χ0v) is 40.9. The Kier molecular flexibility index (Phi) is 8.27. The molecule has 69 heavy (non-hydrogen) atoms. The maximum Gasteiger partial charge on any atom is 0.252 e. The second kappa shape index (κ2) is 14.0. The molecule has 1 aliphatic carbocycles. The molecule has 8 aromatic carbocycles. The van der Waals surface area contributed by atoms with Crippen LogP contribution in [0.15, 0.2) is 154 Å². The van der Waals surface area contributed by atoms with Gasteiger partial charge in [0.25, 0.3) is 6.71 Å². The average Bonchev–Trinajstić information content (AvgIpc) is 3.96. The molecule has 0 spiro atoms. The lowest BCUT2D eigenvalue weighted by Crippen LogP contribution is -2.61. The Morgan fingerprint density at radius 2 is 1.13 bits per heavy atom. The fraction of sp³-hybridized carbons (Fsp3) is 0.238. The van der Waals surface area contributed by atoms with E-state index in [4.69, 9.17) is 8.83 Å². The van der Waals surface area contributed by atoms with Crippen molar-refractivity contribution in [3.8, 4) is 0 Å². The van der Waals surface area contributed by atoms with Crippen LogP contribution in [0.4, 0.5) is 45.5 Å². The standard InChI is InChI=1S/C63H56BN3O2/c1-37-30-39(3)58-52(31-37)67(63(8)29-14-13-28-62(58,63)7)42-23-26-48-51(36-42)66(49-19-15-18-45-43-16-9-12-21-56(43)69-60(45)49)54-33-38(2)32-53-59(54)64(48)47-25-22-40(61(4,5)6)34-50(47)65(53)41-24-27-57-46(35-41)44-17-10-11-20-55(44)68-57/h9-12,15-27,30-36H,13-14,28-29H2,1-8H3. The third-order valence-corrected chi connectivity index (χ3v) is 17.1. The molecule has 2 atom stereocenters. The molecule has 6 heteroatoms. The minimum Gasteiger partial charge on any atom is -0.456 e. The second-order valence-corrected chi connectivity index (χ2v) is 22.2. The van der Waals surface area contributed by atoms with Crippen molar-refractivity contribution in [2.75, 3.05) is 14.7 Å². The van der Waals surface area contributed by atoms with Gasteiger partial charge in [-0.15, -0.1) is 0 Å². The third kappa shape index (κ3) is 5.49. The summed E-state index contributed by atoms with van der Waals surface area (Å²) in [5, 5.41) is 4.50. The zero-order valence-electron chi connectivity index (χ0n) is 40.9. The van der Waals surface area contributed by atoms with Crippen LogP contribution in [0.5, 0.6) is 0 Å². The van der Waals surface area contributed by atoms with E-state index in [1.54, 1.807) is 0 Å². The van der Waals surface area contributed by atoms with Crippen LogP contribution in [0.1, 0.15) is 88.1 Å². The fourth-order valence-corrected chi connectivity index (χ4v) is 13.8. The van der Waals surface area contributed by atoms with E-state index in [1.807, 2.05) is 0 Å². The van der Waals surface area contributed by atoms with E-state index in [0.29, 0.717) is 0 Å². The molecule has 5 heterocycles. The Labute approximate surface area is 405 Å². The van der Waals surface area contributed by atoms with Crippen molar-refractivity contribution in [1.29, 1.82) is 0 Å². The van der Waals surface area contributed by atoms with Gasteiger partial charge in [-0.1, -0.05) is 113 Å². The van der Waals surface area contributed by atoms with Crippen molar-refractivity contribution in [3.63, 3.8) is 0 Å². The second-order valence-electron chi connectivity index (χ2n) is 22.2. The lowest BCUT2D eigenvalue weighted by Gasteiger charge is -2.51. The fourth-order valence-electron chi connectivity index (χ4n) is 13.8. The number of fused-ring (bicyclic) bond motifs is 13. The van der Waals surface area contributed by atoms with E-state index in [1.165, 1.54) is 97.6 Å². The van der Waals surface area contributed by atoms with Gasteiger partial charge < -0.3 is 23.5 Å².